The fraction of sp³-hybridized carbons (Fsp3) is 0.258. The van der Waals surface area contributed by atoms with Crippen LogP contribution in [0.1, 0.15) is 27.0 Å². The average Bonchev–Trinajstić information content (AvgIpc) is 2.97. The summed E-state index contributed by atoms with van der Waals surface area (Å²) in [5.74, 6) is 1.93. The molecule has 0 saturated carbocycles. The highest BCUT2D eigenvalue weighted by atomic mass is 16.5. The first-order valence-corrected chi connectivity index (χ1v) is 13.2. The fourth-order valence-electron chi connectivity index (χ4n) is 4.83. The maximum Gasteiger partial charge on any atom is 0.251 e. The lowest BCUT2D eigenvalue weighted by Crippen LogP contribution is -2.37. The number of carbonyl (C=O) groups is 1. The highest BCUT2D eigenvalue weighted by Gasteiger charge is 2.19. The van der Waals surface area contributed by atoms with Crippen molar-refractivity contribution in [2.24, 2.45) is 0 Å². The summed E-state index contributed by atoms with van der Waals surface area (Å²) in [5.41, 5.74) is 6.22. The van der Waals surface area contributed by atoms with Crippen LogP contribution in [-0.2, 0) is 13.0 Å². The zero-order valence-electron chi connectivity index (χ0n) is 22.9. The summed E-state index contributed by atoms with van der Waals surface area (Å²) in [6.07, 6.45) is 2.58. The molecule has 0 spiro atoms. The molecule has 0 fully saturated rings. The van der Waals surface area contributed by atoms with Crippen molar-refractivity contribution in [2.75, 3.05) is 39.2 Å². The number of aryl methyl sites for hydroxylation is 1. The number of hydrogen-bond donors (Lipinski definition) is 3. The Balaban J connectivity index is 1.20. The highest BCUT2D eigenvalue weighted by Crippen LogP contribution is 2.33. The quantitative estimate of drug-likeness (QED) is 0.281. The van der Waals surface area contributed by atoms with Crippen molar-refractivity contribution in [1.29, 1.82) is 0 Å². The molecule has 0 saturated heterocycles. The fourth-order valence-corrected chi connectivity index (χ4v) is 4.83. The smallest absolute Gasteiger partial charge is 0.251 e. The molecule has 4 aromatic rings. The number of nitrogens with one attached hydrogen (secondary N) is 2. The molecule has 1 aliphatic rings. The van der Waals surface area contributed by atoms with E-state index in [2.05, 4.69) is 31.6 Å². The Hall–Kier alpha value is -4.63. The molecular weight excluding hydrogens is 506 g/mol. The molecule has 5 rings (SSSR count). The van der Waals surface area contributed by atoms with E-state index in [9.17, 15) is 9.90 Å². The minimum atomic E-state index is -0.138. The maximum atomic E-state index is 13.0. The van der Waals surface area contributed by atoms with Crippen LogP contribution in [0.25, 0.3) is 11.3 Å². The molecular formula is C31H33N5O4. The van der Waals surface area contributed by atoms with E-state index >= 15 is 0 Å². The number of aromatic hydroxyl groups is 1. The topological polar surface area (TPSA) is 109 Å². The Bertz CT molecular complexity index is 1520. The number of nitrogens with zero attached hydrogens (tertiary/aromatic N) is 3. The lowest BCUT2D eigenvalue weighted by molar-refractivity contribution is 0.0947. The minimum absolute atomic E-state index is 0.138. The van der Waals surface area contributed by atoms with Crippen molar-refractivity contribution < 1.29 is 19.4 Å². The van der Waals surface area contributed by atoms with E-state index < -0.39 is 0 Å². The van der Waals surface area contributed by atoms with Gasteiger partial charge in [-0.15, -0.1) is 0 Å². The summed E-state index contributed by atoms with van der Waals surface area (Å²) in [6, 6.07) is 18.3. The second kappa shape index (κ2) is 12.0. The number of rotatable bonds is 9. The van der Waals surface area contributed by atoms with Crippen LogP contribution in [0.4, 0.5) is 11.6 Å². The summed E-state index contributed by atoms with van der Waals surface area (Å²) in [6.45, 7) is 4.95. The Labute approximate surface area is 233 Å². The van der Waals surface area contributed by atoms with Crippen molar-refractivity contribution in [3.8, 4) is 28.5 Å². The van der Waals surface area contributed by atoms with Crippen LogP contribution in [0.3, 0.4) is 0 Å². The monoisotopic (exact) mass is 539 g/mol. The van der Waals surface area contributed by atoms with Crippen LogP contribution in [0.15, 0.2) is 66.9 Å². The predicted molar refractivity (Wildman–Crippen MR) is 154 cm³/mol. The number of fused-ring (bicyclic) bond motifs is 1. The number of anilines is 2. The van der Waals surface area contributed by atoms with E-state index in [1.54, 1.807) is 44.7 Å². The van der Waals surface area contributed by atoms with Crippen LogP contribution in [0, 0.1) is 6.92 Å². The summed E-state index contributed by atoms with van der Waals surface area (Å²) in [4.78, 5) is 24.2. The van der Waals surface area contributed by atoms with E-state index in [4.69, 9.17) is 9.47 Å². The molecule has 9 heteroatoms. The van der Waals surface area contributed by atoms with Crippen LogP contribution >= 0.6 is 0 Å². The van der Waals surface area contributed by atoms with E-state index in [0.29, 0.717) is 23.8 Å². The maximum absolute atomic E-state index is 13.0. The van der Waals surface area contributed by atoms with Gasteiger partial charge in [-0.2, -0.15) is 0 Å². The van der Waals surface area contributed by atoms with Crippen molar-refractivity contribution in [3.05, 3.63) is 89.1 Å². The van der Waals surface area contributed by atoms with Crippen LogP contribution in [0.5, 0.6) is 17.2 Å². The molecule has 0 aliphatic carbocycles. The third kappa shape index (κ3) is 6.16. The van der Waals surface area contributed by atoms with Crippen LogP contribution < -0.4 is 20.1 Å². The summed E-state index contributed by atoms with van der Waals surface area (Å²) in [7, 11) is 3.30. The Morgan fingerprint density at radius 1 is 1.02 bits per heavy atom. The van der Waals surface area contributed by atoms with E-state index in [1.807, 2.05) is 37.3 Å². The Kier molecular flexibility index (Phi) is 8.12. The van der Waals surface area contributed by atoms with Crippen LogP contribution in [-0.4, -0.2) is 59.7 Å². The van der Waals surface area contributed by atoms with E-state index in [0.717, 1.165) is 54.4 Å². The third-order valence-corrected chi connectivity index (χ3v) is 7.05. The van der Waals surface area contributed by atoms with Gasteiger partial charge in [0.1, 0.15) is 5.75 Å². The molecule has 0 unspecified atom stereocenters. The molecule has 206 valence electrons. The SMILES string of the molecule is COc1cc2c(cc1OC)CN(CCNC(=O)c1ccc(C)c(Nc3nccc(-c4cccc(O)c4)n3)c1)CC2. The van der Waals surface area contributed by atoms with Gasteiger partial charge in [-0.3, -0.25) is 9.69 Å². The van der Waals surface area contributed by atoms with Gasteiger partial charge in [0.2, 0.25) is 5.95 Å². The largest absolute Gasteiger partial charge is 0.508 e. The predicted octanol–water partition coefficient (Wildman–Crippen LogP) is 4.71. The minimum Gasteiger partial charge on any atom is -0.508 e. The van der Waals surface area contributed by atoms with Gasteiger partial charge in [-0.1, -0.05) is 18.2 Å². The zero-order valence-corrected chi connectivity index (χ0v) is 22.9. The number of phenols is 1. The van der Waals surface area contributed by atoms with Crippen LogP contribution in [0.2, 0.25) is 0 Å². The average molecular weight is 540 g/mol. The molecule has 40 heavy (non-hydrogen) atoms. The summed E-state index contributed by atoms with van der Waals surface area (Å²) < 4.78 is 10.9. The molecule has 1 aromatic heterocycles. The summed E-state index contributed by atoms with van der Waals surface area (Å²) in [5, 5.41) is 16.1. The van der Waals surface area contributed by atoms with Gasteiger partial charge in [0, 0.05) is 49.2 Å². The first kappa shape index (κ1) is 27.0. The van der Waals surface area contributed by atoms with Gasteiger partial charge in [0.15, 0.2) is 11.5 Å². The van der Waals surface area contributed by atoms with E-state index in [1.165, 1.54) is 11.1 Å². The number of amides is 1. The van der Waals surface area contributed by atoms with Gasteiger partial charge in [0.25, 0.3) is 5.91 Å². The normalized spacial score (nSPS) is 12.9. The number of carbonyl (C=O) groups excluding carboxylic acids is 1. The molecule has 0 bridgehead atoms. The van der Waals surface area contributed by atoms with Gasteiger partial charge in [-0.25, -0.2) is 9.97 Å². The molecule has 3 aromatic carbocycles. The standard InChI is InChI=1S/C31H33N5O4/c1-20-7-8-23(16-27(20)35-31-33-11-9-26(34-31)22-5-4-6-25(37)15-22)30(38)32-12-14-36-13-10-21-17-28(39-2)29(40-3)18-24(21)19-36/h4-9,11,15-18,37H,10,12-14,19H2,1-3H3,(H,32,38)(H,33,34,35). The van der Waals surface area contributed by atoms with Crippen molar-refractivity contribution in [2.45, 2.75) is 19.9 Å². The van der Waals surface area contributed by atoms with Crippen molar-refractivity contribution in [3.63, 3.8) is 0 Å². The Morgan fingerprint density at radius 2 is 1.82 bits per heavy atom. The molecule has 0 atom stereocenters. The number of aromatic nitrogens is 2. The van der Waals surface area contributed by atoms with Gasteiger partial charge in [-0.05, 0) is 72.5 Å². The molecule has 2 heterocycles. The lowest BCUT2D eigenvalue weighted by Gasteiger charge is -2.29. The second-order valence-electron chi connectivity index (χ2n) is 9.73. The van der Waals surface area contributed by atoms with Crippen molar-refractivity contribution >= 4 is 17.5 Å². The van der Waals surface area contributed by atoms with Crippen molar-refractivity contribution in [1.82, 2.24) is 20.2 Å². The molecule has 3 N–H and O–H groups in total. The zero-order chi connectivity index (χ0) is 28.1. The molecule has 1 aliphatic heterocycles. The van der Waals surface area contributed by atoms with E-state index in [-0.39, 0.29) is 11.7 Å². The first-order chi connectivity index (χ1) is 19.4. The molecule has 9 nitrogen and oxygen atoms in total. The number of hydrogen-bond acceptors (Lipinski definition) is 8. The molecule has 1 amide bonds. The first-order valence-electron chi connectivity index (χ1n) is 13.2. The lowest BCUT2D eigenvalue weighted by atomic mass is 9.99. The summed E-state index contributed by atoms with van der Waals surface area (Å²) >= 11 is 0. The number of benzene rings is 3. The van der Waals surface area contributed by atoms with Gasteiger partial charge < -0.3 is 25.2 Å². The number of ether oxygens (including phenoxy) is 2. The second-order valence-corrected chi connectivity index (χ2v) is 9.73. The highest BCUT2D eigenvalue weighted by molar-refractivity contribution is 5.95. The third-order valence-electron chi connectivity index (χ3n) is 7.05. The Morgan fingerprint density at radius 3 is 2.60 bits per heavy atom. The number of phenolic OH excluding ortho intramolecular Hbond substituents is 1. The van der Waals surface area contributed by atoms with Gasteiger partial charge in [0.05, 0.1) is 19.9 Å². The number of methoxy groups -OCH3 is 2. The molecule has 0 radical (unpaired) electrons. The van der Waals surface area contributed by atoms with Gasteiger partial charge >= 0.3 is 0 Å².